The van der Waals surface area contributed by atoms with Crippen LogP contribution in [0.15, 0.2) is 16.7 Å². The van der Waals surface area contributed by atoms with E-state index < -0.39 is 5.97 Å². The molecular weight excluding hydrogens is 115 g/mol. The molecule has 0 unspecified atom stereocenters. The van der Waals surface area contributed by atoms with Crippen LogP contribution in [0.3, 0.4) is 0 Å². The van der Waals surface area contributed by atoms with Crippen LogP contribution in [-0.2, 0) is 0 Å². The molecule has 3 nitrogen and oxygen atoms in total. The number of rotatable bonds is 1. The number of carboxylic acid groups (broad SMARTS) is 1. The van der Waals surface area contributed by atoms with Gasteiger partial charge in [-0.05, 0) is 0 Å². The van der Waals surface area contributed by atoms with Crippen molar-refractivity contribution in [3.05, 3.63) is 17.9 Å². The van der Waals surface area contributed by atoms with E-state index in [1.807, 2.05) is 0 Å². The molecule has 1 rings (SSSR count). The molecule has 0 aromatic carbocycles. The Balaban J connectivity index is 3.08. The van der Waals surface area contributed by atoms with E-state index in [9.17, 15) is 4.79 Å². The summed E-state index contributed by atoms with van der Waals surface area (Å²) in [5, 5.41) is 8.39. The average molecular weight is 118 g/mol. The van der Waals surface area contributed by atoms with Gasteiger partial charge in [0.1, 0.15) is 0 Å². The number of hydrogen-bond acceptors (Lipinski definition) is 2. The molecule has 1 N–H and O–H groups in total. The molecule has 4 heteroatoms. The van der Waals surface area contributed by atoms with Gasteiger partial charge < -0.3 is 0 Å². The summed E-state index contributed by atoms with van der Waals surface area (Å²) in [5.74, 6) is -0.943. The van der Waals surface area contributed by atoms with Crippen molar-refractivity contribution in [2.24, 2.45) is 0 Å². The summed E-state index contributed by atoms with van der Waals surface area (Å²) in [6, 6.07) is 1.43. The third kappa shape index (κ3) is 1.18. The predicted molar refractivity (Wildman–Crippen MR) is 31.1 cm³/mol. The molecule has 0 aliphatic heterocycles. The zero-order chi connectivity index (χ0) is 6.85. The molecule has 1 heterocycles. The van der Waals surface area contributed by atoms with Gasteiger partial charge in [0.05, 0.1) is 0 Å². The van der Waals surface area contributed by atoms with E-state index in [0.717, 1.165) is 0 Å². The van der Waals surface area contributed by atoms with Crippen molar-refractivity contribution in [1.29, 1.82) is 0 Å². The molecule has 1 aromatic heterocycles. The third-order valence-electron chi connectivity index (χ3n) is 1.09. The summed E-state index contributed by atoms with van der Waals surface area (Å²) in [6.45, 7) is 0. The Morgan fingerprint density at radius 2 is 2.44 bits per heavy atom. The van der Waals surface area contributed by atoms with E-state index in [-0.39, 0.29) is 5.56 Å². The summed E-state index contributed by atoms with van der Waals surface area (Å²) < 4.78 is 5.19. The quantitative estimate of drug-likeness (QED) is 0.518. The third-order valence-corrected chi connectivity index (χ3v) is 1.09. The van der Waals surface area contributed by atoms with Gasteiger partial charge in [0.25, 0.3) is 0 Å². The Bertz CT molecular complexity index is 228. The van der Waals surface area contributed by atoms with Gasteiger partial charge in [0.2, 0.25) is 0 Å². The molecule has 1 aromatic rings. The van der Waals surface area contributed by atoms with Crippen molar-refractivity contribution in [3.8, 4) is 0 Å². The fourth-order valence-corrected chi connectivity index (χ4v) is 0.607. The van der Waals surface area contributed by atoms with E-state index >= 15 is 0 Å². The van der Waals surface area contributed by atoms with E-state index in [2.05, 4.69) is 0 Å². The first-order valence-corrected chi connectivity index (χ1v) is 2.49. The van der Waals surface area contributed by atoms with Crippen LogP contribution in [0.2, 0.25) is 0 Å². The van der Waals surface area contributed by atoms with Crippen molar-refractivity contribution >= 4 is 28.1 Å². The van der Waals surface area contributed by atoms with Crippen LogP contribution < -0.4 is 4.43 Å². The number of hydrogen-bond donors (Lipinski definition) is 1. The van der Waals surface area contributed by atoms with Crippen LogP contribution in [-0.4, -0.2) is 28.8 Å². The maximum absolute atomic E-state index is 10.2. The average Bonchev–Trinajstić information content (AvgIpc) is 2.13. The van der Waals surface area contributed by atoms with Crippen LogP contribution in [0.25, 0.3) is 0 Å². The molecule has 0 radical (unpaired) electrons. The maximum atomic E-state index is 10.2. The molecule has 0 aliphatic carbocycles. The Morgan fingerprint density at radius 1 is 1.78 bits per heavy atom. The number of carbonyl (C=O) groups is 1. The second-order valence-corrected chi connectivity index (χ2v) is 1.70. The molecule has 42 valence electrons. The molecule has 0 saturated carbocycles. The minimum absolute atomic E-state index is 0.231. The molecular formula is C5H3LiO3. The minimum atomic E-state index is -0.943. The van der Waals surface area contributed by atoms with Gasteiger partial charge in [-0.25, -0.2) is 0 Å². The normalized spacial score (nSPS) is 9.56. The fourth-order valence-electron chi connectivity index (χ4n) is 0.607. The van der Waals surface area contributed by atoms with Crippen LogP contribution in [0.1, 0.15) is 10.4 Å². The first kappa shape index (κ1) is 6.47. The van der Waals surface area contributed by atoms with Crippen LogP contribution in [0.4, 0.5) is 0 Å². The zero-order valence-electron chi connectivity index (χ0n) is 4.92. The van der Waals surface area contributed by atoms with Gasteiger partial charge in [0.15, 0.2) is 0 Å². The van der Waals surface area contributed by atoms with Gasteiger partial charge in [0, 0.05) is 0 Å². The van der Waals surface area contributed by atoms with Gasteiger partial charge in [-0.3, -0.25) is 0 Å². The summed E-state index contributed by atoms with van der Waals surface area (Å²) in [7, 11) is 0. The fraction of sp³-hybridized carbons (Fsp3) is 0. The molecule has 0 atom stereocenters. The second-order valence-electron chi connectivity index (χ2n) is 1.70. The Kier molecular flexibility index (Phi) is 1.65. The SMILES string of the molecule is [Li][c]1occc1C(=O)O. The first-order chi connectivity index (χ1) is 4.22. The second kappa shape index (κ2) is 2.30. The predicted octanol–water partition coefficient (Wildman–Crippen LogP) is -0.228. The monoisotopic (exact) mass is 118 g/mol. The molecule has 0 saturated heterocycles. The Morgan fingerprint density at radius 3 is 2.67 bits per heavy atom. The van der Waals surface area contributed by atoms with Crippen LogP contribution in [0.5, 0.6) is 0 Å². The summed E-state index contributed by atoms with van der Waals surface area (Å²) in [5.41, 5.74) is 0.231. The summed E-state index contributed by atoms with van der Waals surface area (Å²) in [6.07, 6.45) is 1.36. The molecule has 0 bridgehead atoms. The molecule has 9 heavy (non-hydrogen) atoms. The van der Waals surface area contributed by atoms with Gasteiger partial charge in [-0.1, -0.05) is 0 Å². The van der Waals surface area contributed by atoms with E-state index in [1.54, 1.807) is 17.7 Å². The Hall–Kier alpha value is -0.653. The van der Waals surface area contributed by atoms with Crippen molar-refractivity contribution < 1.29 is 14.3 Å². The Labute approximate surface area is 60.9 Å². The van der Waals surface area contributed by atoms with Gasteiger partial charge in [-0.15, -0.1) is 0 Å². The molecule has 0 aliphatic rings. The van der Waals surface area contributed by atoms with Crippen LogP contribution >= 0.6 is 0 Å². The van der Waals surface area contributed by atoms with Crippen molar-refractivity contribution in [3.63, 3.8) is 0 Å². The molecule has 0 amide bonds. The number of carboxylic acids is 1. The van der Waals surface area contributed by atoms with E-state index in [1.165, 1.54) is 12.3 Å². The first-order valence-electron chi connectivity index (χ1n) is 2.49. The van der Waals surface area contributed by atoms with Crippen molar-refractivity contribution in [1.82, 2.24) is 0 Å². The summed E-state index contributed by atoms with van der Waals surface area (Å²) in [4.78, 5) is 10.2. The number of aromatic carboxylic acids is 1. The summed E-state index contributed by atoms with van der Waals surface area (Å²) >= 11 is 1.61. The standard InChI is InChI=1S/C5H3O3.Li/c6-5(7)4-1-2-8-3-4;/h1-2H,(H,6,7);. The number of furan rings is 1. The molecule has 0 fully saturated rings. The van der Waals surface area contributed by atoms with Crippen LogP contribution in [0, 0.1) is 0 Å². The van der Waals surface area contributed by atoms with Crippen molar-refractivity contribution in [2.75, 3.05) is 0 Å². The van der Waals surface area contributed by atoms with Crippen molar-refractivity contribution in [2.45, 2.75) is 0 Å². The topological polar surface area (TPSA) is 50.4 Å². The molecule has 0 spiro atoms. The zero-order valence-corrected chi connectivity index (χ0v) is 4.92. The van der Waals surface area contributed by atoms with E-state index in [4.69, 9.17) is 9.52 Å². The van der Waals surface area contributed by atoms with Gasteiger partial charge in [-0.2, -0.15) is 0 Å². The van der Waals surface area contributed by atoms with Gasteiger partial charge >= 0.3 is 60.3 Å². The van der Waals surface area contributed by atoms with E-state index in [0.29, 0.717) is 4.43 Å².